The number of anilines is 1. The van der Waals surface area contributed by atoms with Crippen LogP contribution in [-0.4, -0.2) is 15.0 Å². The minimum absolute atomic E-state index is 0.352. The molecule has 20 heavy (non-hydrogen) atoms. The third kappa shape index (κ3) is 2.42. The summed E-state index contributed by atoms with van der Waals surface area (Å²) in [5.41, 5.74) is 2.98. The van der Waals surface area contributed by atoms with E-state index in [1.807, 2.05) is 24.3 Å². The Kier molecular flexibility index (Phi) is 3.01. The van der Waals surface area contributed by atoms with Gasteiger partial charge < -0.3 is 9.73 Å². The van der Waals surface area contributed by atoms with Crippen molar-refractivity contribution >= 4 is 16.9 Å². The second-order valence-electron chi connectivity index (χ2n) is 4.31. The first-order valence-corrected chi connectivity index (χ1v) is 6.06. The van der Waals surface area contributed by atoms with Gasteiger partial charge in [-0.2, -0.15) is 5.26 Å². The Labute approximate surface area is 115 Å². The van der Waals surface area contributed by atoms with E-state index < -0.39 is 0 Å². The van der Waals surface area contributed by atoms with E-state index in [1.54, 1.807) is 13.0 Å². The van der Waals surface area contributed by atoms with Crippen LogP contribution in [0.2, 0.25) is 0 Å². The Morgan fingerprint density at radius 1 is 1.30 bits per heavy atom. The first-order valence-electron chi connectivity index (χ1n) is 6.06. The number of fused-ring (bicyclic) bond motifs is 1. The molecule has 2 aromatic heterocycles. The SMILES string of the molecule is Cc1nc(C#N)cc(NCc2ccc3ncoc3c2)n1. The van der Waals surface area contributed by atoms with E-state index in [1.165, 1.54) is 6.39 Å². The fraction of sp³-hybridized carbons (Fsp3) is 0.143. The fourth-order valence-corrected chi connectivity index (χ4v) is 1.92. The molecule has 3 aromatic rings. The van der Waals surface area contributed by atoms with Crippen molar-refractivity contribution in [3.05, 3.63) is 47.7 Å². The number of benzene rings is 1. The van der Waals surface area contributed by atoms with Gasteiger partial charge in [-0.25, -0.2) is 15.0 Å². The number of hydrogen-bond donors (Lipinski definition) is 1. The van der Waals surface area contributed by atoms with Crippen LogP contribution in [0, 0.1) is 18.3 Å². The number of nitriles is 1. The molecule has 2 heterocycles. The highest BCUT2D eigenvalue weighted by Crippen LogP contribution is 2.15. The van der Waals surface area contributed by atoms with Gasteiger partial charge in [0, 0.05) is 12.6 Å². The molecule has 0 amide bonds. The van der Waals surface area contributed by atoms with Crippen LogP contribution in [-0.2, 0) is 6.54 Å². The van der Waals surface area contributed by atoms with Gasteiger partial charge in [-0.1, -0.05) is 6.07 Å². The highest BCUT2D eigenvalue weighted by atomic mass is 16.3. The maximum absolute atomic E-state index is 8.88. The van der Waals surface area contributed by atoms with Gasteiger partial charge in [-0.3, -0.25) is 0 Å². The summed E-state index contributed by atoms with van der Waals surface area (Å²) >= 11 is 0. The summed E-state index contributed by atoms with van der Waals surface area (Å²) in [6, 6.07) is 9.44. The van der Waals surface area contributed by atoms with Crippen molar-refractivity contribution in [2.45, 2.75) is 13.5 Å². The molecule has 0 aliphatic rings. The molecule has 0 aliphatic heterocycles. The summed E-state index contributed by atoms with van der Waals surface area (Å²) in [6.07, 6.45) is 1.43. The van der Waals surface area contributed by atoms with Gasteiger partial charge in [0.2, 0.25) is 0 Å². The van der Waals surface area contributed by atoms with Gasteiger partial charge in [0.25, 0.3) is 0 Å². The molecule has 6 heteroatoms. The molecule has 0 unspecified atom stereocenters. The van der Waals surface area contributed by atoms with Crippen LogP contribution in [0.4, 0.5) is 5.82 Å². The number of hydrogen-bond acceptors (Lipinski definition) is 6. The van der Waals surface area contributed by atoms with Gasteiger partial charge in [0.05, 0.1) is 0 Å². The third-order valence-electron chi connectivity index (χ3n) is 2.82. The Bertz CT molecular complexity index is 803. The number of nitrogens with one attached hydrogen (secondary N) is 1. The van der Waals surface area contributed by atoms with E-state index in [0.717, 1.165) is 16.7 Å². The van der Waals surface area contributed by atoms with Crippen LogP contribution < -0.4 is 5.32 Å². The average Bonchev–Trinajstić information content (AvgIpc) is 2.92. The molecule has 3 rings (SSSR count). The molecule has 0 radical (unpaired) electrons. The zero-order valence-electron chi connectivity index (χ0n) is 10.8. The summed E-state index contributed by atoms with van der Waals surface area (Å²) in [4.78, 5) is 12.3. The van der Waals surface area contributed by atoms with Crippen LogP contribution >= 0.6 is 0 Å². The maximum Gasteiger partial charge on any atom is 0.181 e. The lowest BCUT2D eigenvalue weighted by molar-refractivity contribution is 0.602. The van der Waals surface area contributed by atoms with E-state index in [9.17, 15) is 0 Å². The minimum Gasteiger partial charge on any atom is -0.443 e. The zero-order valence-corrected chi connectivity index (χ0v) is 10.8. The monoisotopic (exact) mass is 265 g/mol. The van der Waals surface area contributed by atoms with E-state index in [4.69, 9.17) is 9.68 Å². The summed E-state index contributed by atoms with van der Waals surface area (Å²) < 4.78 is 5.26. The number of oxazole rings is 1. The van der Waals surface area contributed by atoms with Gasteiger partial charge in [-0.05, 0) is 24.6 Å². The summed E-state index contributed by atoms with van der Waals surface area (Å²) in [7, 11) is 0. The van der Waals surface area contributed by atoms with E-state index in [0.29, 0.717) is 23.9 Å². The Balaban J connectivity index is 1.79. The topological polar surface area (TPSA) is 87.6 Å². The molecule has 0 saturated carbocycles. The van der Waals surface area contributed by atoms with Crippen LogP contribution in [0.3, 0.4) is 0 Å². The predicted molar refractivity (Wildman–Crippen MR) is 72.8 cm³/mol. The molecule has 0 aliphatic carbocycles. The highest BCUT2D eigenvalue weighted by Gasteiger charge is 2.03. The predicted octanol–water partition coefficient (Wildman–Crippen LogP) is 2.41. The Hall–Kier alpha value is -2.94. The first kappa shape index (κ1) is 12.1. The number of rotatable bonds is 3. The largest absolute Gasteiger partial charge is 0.443 e. The molecule has 6 nitrogen and oxygen atoms in total. The van der Waals surface area contributed by atoms with Crippen molar-refractivity contribution in [1.29, 1.82) is 5.26 Å². The van der Waals surface area contributed by atoms with Gasteiger partial charge in [0.1, 0.15) is 28.9 Å². The summed E-state index contributed by atoms with van der Waals surface area (Å²) in [5, 5.41) is 12.0. The molecular formula is C14H11N5O. The molecule has 0 fully saturated rings. The second-order valence-corrected chi connectivity index (χ2v) is 4.31. The molecule has 0 atom stereocenters. The third-order valence-corrected chi connectivity index (χ3v) is 2.82. The average molecular weight is 265 g/mol. The van der Waals surface area contributed by atoms with Crippen LogP contribution in [0.5, 0.6) is 0 Å². The van der Waals surface area contributed by atoms with Crippen molar-refractivity contribution in [3.8, 4) is 6.07 Å². The van der Waals surface area contributed by atoms with E-state index >= 15 is 0 Å². The molecule has 98 valence electrons. The van der Waals surface area contributed by atoms with E-state index in [2.05, 4.69) is 20.3 Å². The van der Waals surface area contributed by atoms with Gasteiger partial charge in [-0.15, -0.1) is 0 Å². The number of aromatic nitrogens is 3. The summed E-state index contributed by atoms with van der Waals surface area (Å²) in [5.74, 6) is 1.20. The lowest BCUT2D eigenvalue weighted by Crippen LogP contribution is -2.04. The quantitative estimate of drug-likeness (QED) is 0.782. The van der Waals surface area contributed by atoms with Gasteiger partial charge >= 0.3 is 0 Å². The summed E-state index contributed by atoms with van der Waals surface area (Å²) in [6.45, 7) is 2.34. The fourth-order valence-electron chi connectivity index (χ4n) is 1.92. The Morgan fingerprint density at radius 3 is 3.05 bits per heavy atom. The highest BCUT2D eigenvalue weighted by molar-refractivity contribution is 5.72. The standard InChI is InChI=1S/C14H11N5O/c1-9-18-11(6-15)5-14(19-9)16-7-10-2-3-12-13(4-10)20-8-17-12/h2-5,8H,7H2,1H3,(H,16,18,19). The van der Waals surface area contributed by atoms with Crippen molar-refractivity contribution in [3.63, 3.8) is 0 Å². The van der Waals surface area contributed by atoms with Crippen LogP contribution in [0.1, 0.15) is 17.1 Å². The molecule has 1 N–H and O–H groups in total. The van der Waals surface area contributed by atoms with Crippen LogP contribution in [0.25, 0.3) is 11.1 Å². The molecule has 0 saturated heterocycles. The zero-order chi connectivity index (χ0) is 13.9. The minimum atomic E-state index is 0.352. The Morgan fingerprint density at radius 2 is 2.20 bits per heavy atom. The second kappa shape index (κ2) is 4.97. The number of nitrogens with zero attached hydrogens (tertiary/aromatic N) is 4. The van der Waals surface area contributed by atoms with Gasteiger partial charge in [0.15, 0.2) is 12.0 Å². The van der Waals surface area contributed by atoms with E-state index in [-0.39, 0.29) is 0 Å². The van der Waals surface area contributed by atoms with Crippen molar-refractivity contribution in [2.24, 2.45) is 0 Å². The van der Waals surface area contributed by atoms with Crippen molar-refractivity contribution in [2.75, 3.05) is 5.32 Å². The van der Waals surface area contributed by atoms with Crippen molar-refractivity contribution < 1.29 is 4.42 Å². The molecule has 0 bridgehead atoms. The molecule has 0 spiro atoms. The lowest BCUT2D eigenvalue weighted by Gasteiger charge is -2.06. The smallest absolute Gasteiger partial charge is 0.181 e. The normalized spacial score (nSPS) is 10.4. The van der Waals surface area contributed by atoms with Crippen molar-refractivity contribution in [1.82, 2.24) is 15.0 Å². The molecule has 1 aromatic carbocycles. The lowest BCUT2D eigenvalue weighted by atomic mass is 10.2. The molecular weight excluding hydrogens is 254 g/mol. The van der Waals surface area contributed by atoms with Crippen LogP contribution in [0.15, 0.2) is 35.1 Å². The maximum atomic E-state index is 8.88. The first-order chi connectivity index (χ1) is 9.74. The number of aryl methyl sites for hydroxylation is 1.